The highest BCUT2D eigenvalue weighted by Gasteiger charge is 2.12. The van der Waals surface area contributed by atoms with Crippen LogP contribution in [0.15, 0.2) is 47.1 Å². The lowest BCUT2D eigenvalue weighted by atomic mass is 10.2. The summed E-state index contributed by atoms with van der Waals surface area (Å²) in [5, 5.41) is 6.86. The van der Waals surface area contributed by atoms with Crippen LogP contribution >= 0.6 is 11.6 Å². The van der Waals surface area contributed by atoms with Gasteiger partial charge in [0, 0.05) is 11.8 Å². The summed E-state index contributed by atoms with van der Waals surface area (Å²) >= 11 is 5.96. The number of rotatable bonds is 5. The van der Waals surface area contributed by atoms with Crippen molar-refractivity contribution < 1.29 is 14.1 Å². The fraction of sp³-hybridized carbons (Fsp3) is 0.167. The molecule has 0 fully saturated rings. The number of hydrogen-bond donors (Lipinski definition) is 1. The number of halogens is 1. The number of aryl methyl sites for hydroxylation is 2. The molecule has 3 rings (SSSR count). The highest BCUT2D eigenvalue weighted by atomic mass is 35.5. The molecule has 2 aromatic heterocycles. The zero-order chi connectivity index (χ0) is 17.8. The largest absolute Gasteiger partial charge is 0.489 e. The maximum absolute atomic E-state index is 12.4. The Balaban J connectivity index is 1.71. The molecule has 0 aliphatic heterocycles. The minimum atomic E-state index is -0.294. The molecule has 0 aliphatic carbocycles. The Hall–Kier alpha value is -2.86. The fourth-order valence-corrected chi connectivity index (χ4v) is 2.43. The summed E-state index contributed by atoms with van der Waals surface area (Å²) in [5.74, 6) is 1.00. The maximum atomic E-state index is 12.4. The summed E-state index contributed by atoms with van der Waals surface area (Å²) in [7, 11) is 0. The van der Waals surface area contributed by atoms with Gasteiger partial charge in [0.25, 0.3) is 5.91 Å². The van der Waals surface area contributed by atoms with Crippen molar-refractivity contribution in [2.75, 3.05) is 5.32 Å². The molecule has 0 saturated heterocycles. The third-order valence-corrected chi connectivity index (χ3v) is 3.97. The molecule has 0 aliphatic rings. The summed E-state index contributed by atoms with van der Waals surface area (Å²) in [6, 6.07) is 10.3. The monoisotopic (exact) mass is 357 g/mol. The number of nitrogens with zero attached hydrogens (tertiary/aromatic N) is 2. The van der Waals surface area contributed by atoms with E-state index in [9.17, 15) is 4.79 Å². The second-order valence-electron chi connectivity index (χ2n) is 5.42. The first-order valence-corrected chi connectivity index (χ1v) is 7.99. The van der Waals surface area contributed by atoms with Crippen LogP contribution in [-0.2, 0) is 6.61 Å². The van der Waals surface area contributed by atoms with E-state index in [0.29, 0.717) is 23.6 Å². The van der Waals surface area contributed by atoms with Crippen molar-refractivity contribution in [2.45, 2.75) is 20.5 Å². The van der Waals surface area contributed by atoms with Crippen molar-refractivity contribution in [2.24, 2.45) is 0 Å². The van der Waals surface area contributed by atoms with Crippen molar-refractivity contribution in [3.63, 3.8) is 0 Å². The molecule has 0 saturated carbocycles. The van der Waals surface area contributed by atoms with Gasteiger partial charge in [0.05, 0.1) is 16.9 Å². The average molecular weight is 358 g/mol. The number of benzene rings is 1. The number of hydrogen-bond acceptors (Lipinski definition) is 5. The van der Waals surface area contributed by atoms with Crippen LogP contribution in [-0.4, -0.2) is 16.0 Å². The lowest BCUT2D eigenvalue weighted by Gasteiger charge is -2.09. The zero-order valence-corrected chi connectivity index (χ0v) is 14.5. The van der Waals surface area contributed by atoms with Crippen molar-refractivity contribution in [1.29, 1.82) is 0 Å². The van der Waals surface area contributed by atoms with Crippen LogP contribution in [0.1, 0.15) is 27.4 Å². The van der Waals surface area contributed by atoms with E-state index in [1.165, 1.54) is 0 Å². The number of carbonyl (C=O) groups excluding carboxylic acids is 1. The Morgan fingerprint density at radius 3 is 2.84 bits per heavy atom. The van der Waals surface area contributed by atoms with Crippen LogP contribution < -0.4 is 10.1 Å². The van der Waals surface area contributed by atoms with E-state index in [1.807, 2.05) is 13.8 Å². The van der Waals surface area contributed by atoms with Gasteiger partial charge >= 0.3 is 0 Å². The average Bonchev–Trinajstić information content (AvgIpc) is 2.93. The van der Waals surface area contributed by atoms with Gasteiger partial charge < -0.3 is 14.6 Å². The third-order valence-electron chi connectivity index (χ3n) is 3.67. The number of aromatic nitrogens is 2. The summed E-state index contributed by atoms with van der Waals surface area (Å²) < 4.78 is 10.9. The highest BCUT2D eigenvalue weighted by molar-refractivity contribution is 6.32. The van der Waals surface area contributed by atoms with Crippen LogP contribution in [0, 0.1) is 13.8 Å². The first-order chi connectivity index (χ1) is 12.0. The fourth-order valence-electron chi connectivity index (χ4n) is 2.26. The minimum absolute atomic E-state index is 0.238. The molecule has 25 heavy (non-hydrogen) atoms. The Bertz CT molecular complexity index is 889. The van der Waals surface area contributed by atoms with Gasteiger partial charge in [-0.05, 0) is 44.2 Å². The molecule has 0 spiro atoms. The molecule has 3 aromatic rings. The molecule has 1 aromatic carbocycles. The smallest absolute Gasteiger partial charge is 0.255 e. The Morgan fingerprint density at radius 1 is 1.28 bits per heavy atom. The highest BCUT2D eigenvalue weighted by Crippen LogP contribution is 2.21. The zero-order valence-electron chi connectivity index (χ0n) is 13.7. The molecule has 1 amide bonds. The predicted octanol–water partition coefficient (Wildman–Crippen LogP) is 4.17. The number of ether oxygens (including phenoxy) is 1. The lowest BCUT2D eigenvalue weighted by molar-refractivity contribution is 0.102. The molecule has 0 radical (unpaired) electrons. The minimum Gasteiger partial charge on any atom is -0.489 e. The van der Waals surface area contributed by atoms with E-state index in [-0.39, 0.29) is 11.1 Å². The summed E-state index contributed by atoms with van der Waals surface area (Å²) in [5.41, 5.74) is 2.60. The van der Waals surface area contributed by atoms with Crippen LogP contribution in [0.5, 0.6) is 5.75 Å². The van der Waals surface area contributed by atoms with E-state index in [0.717, 1.165) is 17.0 Å². The number of amides is 1. The SMILES string of the molecule is Cc1noc(C)c1COc1cccc(C(=O)Nc2cccnc2Cl)c1. The number of pyridine rings is 1. The molecule has 7 heteroatoms. The van der Waals surface area contributed by atoms with Crippen molar-refractivity contribution in [1.82, 2.24) is 10.1 Å². The molecule has 128 valence electrons. The Labute approximate surface area is 149 Å². The van der Waals surface area contributed by atoms with E-state index in [2.05, 4.69) is 15.5 Å². The number of nitrogens with one attached hydrogen (secondary N) is 1. The van der Waals surface area contributed by atoms with E-state index < -0.39 is 0 Å². The summed E-state index contributed by atoms with van der Waals surface area (Å²) in [4.78, 5) is 16.3. The Kier molecular flexibility index (Phi) is 5.00. The Morgan fingerprint density at radius 2 is 2.12 bits per heavy atom. The lowest BCUT2D eigenvalue weighted by Crippen LogP contribution is -2.12. The molecule has 1 N–H and O–H groups in total. The summed E-state index contributed by atoms with van der Waals surface area (Å²) in [6.45, 7) is 4.01. The van der Waals surface area contributed by atoms with Gasteiger partial charge in [-0.2, -0.15) is 0 Å². The van der Waals surface area contributed by atoms with Crippen LogP contribution in [0.25, 0.3) is 0 Å². The second kappa shape index (κ2) is 7.36. The van der Waals surface area contributed by atoms with Crippen molar-refractivity contribution >= 4 is 23.2 Å². The third kappa shape index (κ3) is 3.97. The first-order valence-electron chi connectivity index (χ1n) is 7.61. The van der Waals surface area contributed by atoms with Crippen LogP contribution in [0.3, 0.4) is 0 Å². The van der Waals surface area contributed by atoms with Crippen molar-refractivity contribution in [3.05, 3.63) is 70.3 Å². The number of carbonyl (C=O) groups is 1. The van der Waals surface area contributed by atoms with Crippen LogP contribution in [0.4, 0.5) is 5.69 Å². The summed E-state index contributed by atoms with van der Waals surface area (Å²) in [6.07, 6.45) is 1.56. The van der Waals surface area contributed by atoms with E-state index in [1.54, 1.807) is 42.6 Å². The van der Waals surface area contributed by atoms with E-state index in [4.69, 9.17) is 20.9 Å². The standard InChI is InChI=1S/C18H16ClN3O3/c1-11-15(12(2)25-22-11)10-24-14-6-3-5-13(9-14)18(23)21-16-7-4-8-20-17(16)19/h3-9H,10H2,1-2H3,(H,21,23). The number of anilines is 1. The van der Waals surface area contributed by atoms with Gasteiger partial charge in [0.1, 0.15) is 18.1 Å². The normalized spacial score (nSPS) is 10.5. The molecule has 0 atom stereocenters. The molecule has 0 unspecified atom stereocenters. The predicted molar refractivity (Wildman–Crippen MR) is 94.0 cm³/mol. The quantitative estimate of drug-likeness (QED) is 0.693. The molecule has 2 heterocycles. The molecule has 6 nitrogen and oxygen atoms in total. The molecular weight excluding hydrogens is 342 g/mol. The second-order valence-corrected chi connectivity index (χ2v) is 5.77. The van der Waals surface area contributed by atoms with Gasteiger partial charge in [-0.3, -0.25) is 4.79 Å². The van der Waals surface area contributed by atoms with Crippen LogP contribution in [0.2, 0.25) is 5.15 Å². The first kappa shape index (κ1) is 17.0. The van der Waals surface area contributed by atoms with Gasteiger partial charge in [0.15, 0.2) is 5.15 Å². The maximum Gasteiger partial charge on any atom is 0.255 e. The molecule has 0 bridgehead atoms. The topological polar surface area (TPSA) is 77.2 Å². The van der Waals surface area contributed by atoms with E-state index >= 15 is 0 Å². The van der Waals surface area contributed by atoms with Gasteiger partial charge in [-0.25, -0.2) is 4.98 Å². The molecular formula is C18H16ClN3O3. The van der Waals surface area contributed by atoms with Crippen molar-refractivity contribution in [3.8, 4) is 5.75 Å². The van der Waals surface area contributed by atoms with Gasteiger partial charge in [-0.15, -0.1) is 0 Å². The van der Waals surface area contributed by atoms with Gasteiger partial charge in [0.2, 0.25) is 0 Å². The van der Waals surface area contributed by atoms with Gasteiger partial charge in [-0.1, -0.05) is 22.8 Å².